The van der Waals surface area contributed by atoms with Crippen molar-refractivity contribution in [1.29, 1.82) is 0 Å². The lowest BCUT2D eigenvalue weighted by molar-refractivity contribution is 0.415. The molecule has 0 N–H and O–H groups in total. The number of likely N-dealkylation sites (N-methyl/N-ethyl adjacent to an activating group) is 1. The molecule has 7 heteroatoms. The fourth-order valence-electron chi connectivity index (χ4n) is 5.05. The molecule has 0 spiro atoms. The summed E-state index contributed by atoms with van der Waals surface area (Å²) in [4.78, 5) is 2.34. The van der Waals surface area contributed by atoms with E-state index in [1.165, 1.54) is 22.3 Å². The van der Waals surface area contributed by atoms with E-state index >= 15 is 0 Å². The monoisotopic (exact) mass is 451 g/mol. The number of hydrogen-bond donors (Lipinski definition) is 0. The van der Waals surface area contributed by atoms with E-state index in [2.05, 4.69) is 86.6 Å². The number of hydrazone groups is 1. The number of benzene rings is 2. The minimum atomic E-state index is -2.33. The van der Waals surface area contributed by atoms with Gasteiger partial charge in [0, 0.05) is 44.0 Å². The molecule has 0 bridgehead atoms. The van der Waals surface area contributed by atoms with Crippen LogP contribution in [0, 0.1) is 0 Å². The van der Waals surface area contributed by atoms with Crippen LogP contribution in [0.15, 0.2) is 69.4 Å². The number of methoxy groups -OCH3 is 1. The van der Waals surface area contributed by atoms with Crippen molar-refractivity contribution in [3.8, 4) is 5.75 Å². The van der Waals surface area contributed by atoms with Crippen LogP contribution in [-0.4, -0.2) is 50.0 Å². The Labute approximate surface area is 192 Å². The van der Waals surface area contributed by atoms with Crippen LogP contribution in [0.25, 0.3) is 0 Å². The van der Waals surface area contributed by atoms with Crippen molar-refractivity contribution in [2.45, 2.75) is 33.1 Å². The summed E-state index contributed by atoms with van der Waals surface area (Å²) in [7, 11) is 3.60. The molecule has 32 heavy (non-hydrogen) atoms. The van der Waals surface area contributed by atoms with Gasteiger partial charge in [0.15, 0.2) is 7.36 Å². The molecule has 6 nitrogen and oxygen atoms in total. The fraction of sp³-hybridized carbons (Fsp3) is 0.400. The van der Waals surface area contributed by atoms with Gasteiger partial charge >= 0.3 is 0 Å². The highest BCUT2D eigenvalue weighted by atomic mass is 31.2. The maximum Gasteiger partial charge on any atom is 0.174 e. The highest BCUT2D eigenvalue weighted by Crippen LogP contribution is 2.69. The summed E-state index contributed by atoms with van der Waals surface area (Å²) < 4.78 is 15.4. The van der Waals surface area contributed by atoms with Crippen LogP contribution in [-0.2, 0) is 5.41 Å². The second-order valence-corrected chi connectivity index (χ2v) is 11.6. The van der Waals surface area contributed by atoms with Crippen molar-refractivity contribution >= 4 is 24.9 Å². The average molecular weight is 452 g/mol. The van der Waals surface area contributed by atoms with E-state index in [0.717, 1.165) is 24.5 Å². The number of rotatable bonds is 5. The Hall–Kier alpha value is -2.56. The molecular weight excluding hydrogens is 417 g/mol. The molecule has 2 heterocycles. The third-order valence-electron chi connectivity index (χ3n) is 6.63. The van der Waals surface area contributed by atoms with E-state index in [0.29, 0.717) is 0 Å². The lowest BCUT2D eigenvalue weighted by Gasteiger charge is -2.39. The Kier molecular flexibility index (Phi) is 5.95. The summed E-state index contributed by atoms with van der Waals surface area (Å²) >= 11 is 0. The van der Waals surface area contributed by atoms with Gasteiger partial charge < -0.3 is 9.64 Å². The summed E-state index contributed by atoms with van der Waals surface area (Å²) in [6.45, 7) is 10.8. The Bertz CT molecular complexity index is 1120. The summed E-state index contributed by atoms with van der Waals surface area (Å²) in [5, 5.41) is 6.06. The molecule has 0 aliphatic carbocycles. The lowest BCUT2D eigenvalue weighted by atomic mass is 9.84. The minimum Gasteiger partial charge on any atom is -0.497 e. The second-order valence-electron chi connectivity index (χ2n) is 8.67. The van der Waals surface area contributed by atoms with E-state index in [4.69, 9.17) is 14.6 Å². The maximum absolute atomic E-state index is 5.47. The molecular formula is C25H34N5OP. The zero-order chi connectivity index (χ0) is 23.1. The molecule has 2 aromatic carbocycles. The number of nitrogens with zero attached hydrogens (tertiary/aromatic N) is 5. The maximum atomic E-state index is 5.47. The first kappa shape index (κ1) is 22.6. The van der Waals surface area contributed by atoms with Crippen LogP contribution >= 0.6 is 7.36 Å². The second kappa shape index (κ2) is 8.42. The normalized spacial score (nSPS) is 23.8. The van der Waals surface area contributed by atoms with E-state index < -0.39 is 7.36 Å². The van der Waals surface area contributed by atoms with Crippen molar-refractivity contribution in [2.75, 3.05) is 39.2 Å². The van der Waals surface area contributed by atoms with Crippen molar-refractivity contribution in [1.82, 2.24) is 9.45 Å². The van der Waals surface area contributed by atoms with Gasteiger partial charge in [0.25, 0.3) is 0 Å². The molecule has 0 saturated heterocycles. The van der Waals surface area contributed by atoms with Gasteiger partial charge in [0.2, 0.25) is 0 Å². The Morgan fingerprint density at radius 2 is 1.69 bits per heavy atom. The number of fused-ring (bicyclic) bond motifs is 1. The van der Waals surface area contributed by atoms with Crippen LogP contribution in [0.5, 0.6) is 5.75 Å². The topological polar surface area (TPSA) is 43.7 Å². The molecule has 0 radical (unpaired) electrons. The Morgan fingerprint density at radius 3 is 2.28 bits per heavy atom. The van der Waals surface area contributed by atoms with Gasteiger partial charge in [-0.25, -0.2) is 14.2 Å². The minimum absolute atomic E-state index is 0.147. The number of anilines is 1. The summed E-state index contributed by atoms with van der Waals surface area (Å²) in [5.41, 5.74) is 4.67. The SMILES string of the molecule is CCN(CC)P1(=Nc2ccc(OC)cc2)C(=C2N(C)c3ccccc3C2(C)C)C=NN1C. The molecule has 0 aromatic heterocycles. The zero-order valence-corrected chi connectivity index (χ0v) is 21.1. The molecule has 4 rings (SSSR count). The predicted molar refractivity (Wildman–Crippen MR) is 136 cm³/mol. The van der Waals surface area contributed by atoms with Crippen LogP contribution in [0.4, 0.5) is 11.4 Å². The first-order chi connectivity index (χ1) is 15.3. The van der Waals surface area contributed by atoms with Crippen LogP contribution in [0.3, 0.4) is 0 Å². The molecule has 2 aliphatic rings. The molecule has 0 fully saturated rings. The Balaban J connectivity index is 2.02. The van der Waals surface area contributed by atoms with Gasteiger partial charge in [-0.1, -0.05) is 45.9 Å². The average Bonchev–Trinajstić information content (AvgIpc) is 3.21. The number of ether oxygens (including phenoxy) is 1. The fourth-order valence-corrected chi connectivity index (χ4v) is 8.75. The van der Waals surface area contributed by atoms with Gasteiger partial charge in [0.1, 0.15) is 5.75 Å². The van der Waals surface area contributed by atoms with Gasteiger partial charge in [0.05, 0.1) is 24.3 Å². The van der Waals surface area contributed by atoms with E-state index in [9.17, 15) is 0 Å². The number of para-hydroxylation sites is 1. The van der Waals surface area contributed by atoms with Crippen LogP contribution in [0.2, 0.25) is 0 Å². The first-order valence-corrected chi connectivity index (χ1v) is 12.8. The van der Waals surface area contributed by atoms with E-state index in [-0.39, 0.29) is 5.41 Å². The van der Waals surface area contributed by atoms with E-state index in [1.54, 1.807) is 7.11 Å². The predicted octanol–water partition coefficient (Wildman–Crippen LogP) is 6.27. The number of allylic oxidation sites excluding steroid dienone is 2. The van der Waals surface area contributed by atoms with Gasteiger partial charge in [-0.05, 0) is 35.9 Å². The highest BCUT2D eigenvalue weighted by Gasteiger charge is 2.47. The molecule has 1 unspecified atom stereocenters. The third-order valence-corrected chi connectivity index (χ3v) is 10.4. The first-order valence-electron chi connectivity index (χ1n) is 11.2. The summed E-state index contributed by atoms with van der Waals surface area (Å²) in [5.74, 6) is 0.834. The van der Waals surface area contributed by atoms with Gasteiger partial charge in [-0.3, -0.25) is 0 Å². The van der Waals surface area contributed by atoms with Gasteiger partial charge in [-0.15, -0.1) is 0 Å². The van der Waals surface area contributed by atoms with Gasteiger partial charge in [-0.2, -0.15) is 5.10 Å². The van der Waals surface area contributed by atoms with Crippen LogP contribution in [0.1, 0.15) is 33.3 Å². The highest BCUT2D eigenvalue weighted by molar-refractivity contribution is 7.67. The third kappa shape index (κ3) is 3.28. The smallest absolute Gasteiger partial charge is 0.174 e. The quantitative estimate of drug-likeness (QED) is 0.503. The van der Waals surface area contributed by atoms with Crippen molar-refractivity contribution in [2.24, 2.45) is 9.85 Å². The van der Waals surface area contributed by atoms with Crippen LogP contribution < -0.4 is 9.64 Å². The van der Waals surface area contributed by atoms with Crippen molar-refractivity contribution in [3.63, 3.8) is 0 Å². The summed E-state index contributed by atoms with van der Waals surface area (Å²) in [6.07, 6.45) is 2.05. The molecule has 0 amide bonds. The Morgan fingerprint density at radius 1 is 1.03 bits per heavy atom. The zero-order valence-electron chi connectivity index (χ0n) is 20.2. The van der Waals surface area contributed by atoms with Crippen molar-refractivity contribution < 1.29 is 4.74 Å². The molecule has 1 atom stereocenters. The largest absolute Gasteiger partial charge is 0.497 e. The lowest BCUT2D eigenvalue weighted by Crippen LogP contribution is -2.30. The molecule has 170 valence electrons. The summed E-state index contributed by atoms with van der Waals surface area (Å²) in [6, 6.07) is 16.7. The molecule has 2 aromatic rings. The van der Waals surface area contributed by atoms with Crippen molar-refractivity contribution in [3.05, 3.63) is 65.1 Å². The molecule has 0 saturated carbocycles. The number of hydrogen-bond acceptors (Lipinski definition) is 4. The van der Waals surface area contributed by atoms with E-state index in [1.807, 2.05) is 24.3 Å². The standard InChI is InChI=1S/C25H34N5OP/c1-8-30(9-2)32(27-19-14-16-20(31-7)17-15-19)23(18-26-29(32)6)24-25(3,4)21-12-10-11-13-22(21)28(24)5/h10-18H,8-9H2,1-7H3. The molecule has 2 aliphatic heterocycles.